The van der Waals surface area contributed by atoms with Gasteiger partial charge >= 0.3 is 0 Å². The summed E-state index contributed by atoms with van der Waals surface area (Å²) < 4.78 is 38.5. The van der Waals surface area contributed by atoms with Gasteiger partial charge in [0, 0.05) is 6.92 Å². The second-order valence-electron chi connectivity index (χ2n) is 11.9. The number of nitrogens with one attached hydrogen (secondary N) is 1. The average Bonchev–Trinajstić information content (AvgIpc) is 3.06. The molecule has 4 aliphatic rings. The van der Waals surface area contributed by atoms with Crippen molar-refractivity contribution in [3.8, 4) is 0 Å². The summed E-state index contributed by atoms with van der Waals surface area (Å²) in [4.78, 5) is 11.6. The van der Waals surface area contributed by atoms with Crippen molar-refractivity contribution >= 4 is 5.91 Å². The molecule has 4 aliphatic heterocycles. The number of aliphatic hydroxyl groups is 13. The highest BCUT2D eigenvalue weighted by atomic mass is 16.8. The van der Waals surface area contributed by atoms with E-state index in [2.05, 4.69) is 5.32 Å². The van der Waals surface area contributed by atoms with E-state index in [-0.39, 0.29) is 0 Å². The van der Waals surface area contributed by atoms with E-state index < -0.39 is 155 Å². The molecule has 0 aromatic rings. The van der Waals surface area contributed by atoms with Crippen LogP contribution >= 0.6 is 0 Å². The maximum atomic E-state index is 11.6. The lowest BCUT2D eigenvalue weighted by molar-refractivity contribution is -0.376. The fraction of sp³-hybridized carbons (Fsp3) is 0.962. The molecule has 4 rings (SSSR count). The molecule has 1 amide bonds. The monoisotopic (exact) mass is 707 g/mol. The highest BCUT2D eigenvalue weighted by Gasteiger charge is 2.53. The molecule has 48 heavy (non-hydrogen) atoms. The molecule has 0 aromatic heterocycles. The van der Waals surface area contributed by atoms with Crippen LogP contribution in [0.3, 0.4) is 0 Å². The molecule has 4 saturated heterocycles. The van der Waals surface area contributed by atoms with Gasteiger partial charge in [0.25, 0.3) is 0 Å². The van der Waals surface area contributed by atoms with Gasteiger partial charge in [-0.2, -0.15) is 0 Å². The molecule has 0 aliphatic carbocycles. The van der Waals surface area contributed by atoms with E-state index in [1.165, 1.54) is 0 Å². The Balaban J connectivity index is 1.49. The largest absolute Gasteiger partial charge is 0.394 e. The molecule has 14 N–H and O–H groups in total. The first-order valence-electron chi connectivity index (χ1n) is 15.1. The Morgan fingerprint density at radius 2 is 1.00 bits per heavy atom. The van der Waals surface area contributed by atoms with Gasteiger partial charge in [-0.25, -0.2) is 0 Å². The molecular weight excluding hydrogens is 662 g/mol. The van der Waals surface area contributed by atoms with Crippen LogP contribution in [0.25, 0.3) is 0 Å². The van der Waals surface area contributed by atoms with E-state index in [0.29, 0.717) is 0 Å². The summed E-state index contributed by atoms with van der Waals surface area (Å²) in [6, 6.07) is -1.45. The second kappa shape index (κ2) is 16.8. The quantitative estimate of drug-likeness (QED) is 0.0947. The molecule has 0 saturated carbocycles. The number of carbonyl (C=O) groups excluding carboxylic acids is 1. The number of hydrogen-bond donors (Lipinski definition) is 14. The summed E-state index contributed by atoms with van der Waals surface area (Å²) in [5.41, 5.74) is 0. The summed E-state index contributed by atoms with van der Waals surface area (Å²) in [7, 11) is 0. The number of amides is 1. The van der Waals surface area contributed by atoms with Gasteiger partial charge in [-0.05, 0) is 0 Å². The molecular formula is C26H45NO21. The number of carbonyl (C=O) groups is 1. The van der Waals surface area contributed by atoms with Gasteiger partial charge in [0.1, 0.15) is 97.6 Å². The van der Waals surface area contributed by atoms with Crippen molar-refractivity contribution in [2.24, 2.45) is 0 Å². The Hall–Kier alpha value is -1.33. The predicted octanol–water partition coefficient (Wildman–Crippen LogP) is -9.61. The maximum absolute atomic E-state index is 11.6. The standard InChI is InChI=1S/C26H45NO21/c1-6(31)27-11-15(35)21(9(4-30)43-23(11)41)47-25-20(40)17(37)14(34)10(46-25)5-42-26-22(18(38)13(33)8(3-29)45-26)48-24-19(39)16(36)12(32)7(2-28)44-24/h7-26,28-30,32-41H,2-5H2,1H3,(H,27,31)/t7-,8-,9-,10-,11-,12-,13-,14-,15-,16+,17+,18+,19+,20+,21-,22+,23?,24-,25-,26+/m1/s1. The first-order valence-corrected chi connectivity index (χ1v) is 15.1. The molecule has 280 valence electrons. The van der Waals surface area contributed by atoms with E-state index in [4.69, 9.17) is 33.2 Å². The number of hydrogen-bond acceptors (Lipinski definition) is 21. The first kappa shape index (κ1) is 39.5. The molecule has 0 spiro atoms. The third-order valence-corrected chi connectivity index (χ3v) is 8.59. The van der Waals surface area contributed by atoms with Gasteiger partial charge in [-0.15, -0.1) is 0 Å². The third-order valence-electron chi connectivity index (χ3n) is 8.59. The van der Waals surface area contributed by atoms with Gasteiger partial charge in [-0.3, -0.25) is 4.79 Å². The van der Waals surface area contributed by atoms with E-state index >= 15 is 0 Å². The fourth-order valence-electron chi connectivity index (χ4n) is 5.82. The first-order chi connectivity index (χ1) is 22.6. The van der Waals surface area contributed by atoms with Gasteiger partial charge < -0.3 is 105 Å². The minimum Gasteiger partial charge on any atom is -0.394 e. The zero-order valence-corrected chi connectivity index (χ0v) is 25.5. The highest BCUT2D eigenvalue weighted by molar-refractivity contribution is 5.73. The molecule has 1 unspecified atom stereocenters. The van der Waals surface area contributed by atoms with Gasteiger partial charge in [0.15, 0.2) is 25.2 Å². The van der Waals surface area contributed by atoms with Gasteiger partial charge in [0.2, 0.25) is 5.91 Å². The molecule has 4 fully saturated rings. The Morgan fingerprint density at radius 1 is 0.542 bits per heavy atom. The van der Waals surface area contributed by atoms with Crippen molar-refractivity contribution in [2.75, 3.05) is 26.4 Å². The van der Waals surface area contributed by atoms with Gasteiger partial charge in [0.05, 0.1) is 26.4 Å². The van der Waals surface area contributed by atoms with E-state index in [1.54, 1.807) is 0 Å². The normalized spacial score (nSPS) is 50.2. The van der Waals surface area contributed by atoms with Crippen LogP contribution in [-0.2, 0) is 38.0 Å². The molecule has 22 heteroatoms. The third kappa shape index (κ3) is 8.24. The molecule has 20 atom stereocenters. The van der Waals surface area contributed by atoms with Crippen LogP contribution in [0.5, 0.6) is 0 Å². The summed E-state index contributed by atoms with van der Waals surface area (Å²) in [5, 5.41) is 136. The van der Waals surface area contributed by atoms with Crippen LogP contribution < -0.4 is 5.32 Å². The van der Waals surface area contributed by atoms with Gasteiger partial charge in [-0.1, -0.05) is 0 Å². The zero-order valence-electron chi connectivity index (χ0n) is 25.5. The van der Waals surface area contributed by atoms with E-state index in [0.717, 1.165) is 6.92 Å². The fourth-order valence-corrected chi connectivity index (χ4v) is 5.82. The summed E-state index contributed by atoms with van der Waals surface area (Å²) in [6.07, 6.45) is -33.3. The average molecular weight is 708 g/mol. The van der Waals surface area contributed by atoms with Crippen molar-refractivity contribution in [3.05, 3.63) is 0 Å². The Labute approximate surface area is 272 Å². The molecule has 0 radical (unpaired) electrons. The topological polar surface area (TPSA) is 357 Å². The number of ether oxygens (including phenoxy) is 7. The summed E-state index contributed by atoms with van der Waals surface area (Å²) in [5.74, 6) is -0.660. The molecule has 0 bridgehead atoms. The lowest BCUT2D eigenvalue weighted by Gasteiger charge is -2.47. The molecule has 22 nitrogen and oxygen atoms in total. The number of aliphatic hydroxyl groups excluding tert-OH is 13. The minimum atomic E-state index is -1.98. The van der Waals surface area contributed by atoms with Crippen molar-refractivity contribution in [1.29, 1.82) is 0 Å². The van der Waals surface area contributed by atoms with E-state index in [9.17, 15) is 71.2 Å². The SMILES string of the molecule is CC(=O)N[C@H]1C(O)O[C@H](CO)[C@@H](O[C@H]2O[C@H](CO[C@H]3O[C@H](CO)[C@@H](O)[C@H](O)[C@@H]3O[C@H]3O[C@H](CO)[C@@H](O)[C@H](O)[C@@H]3O)[C@@H](O)[C@H](O)[C@@H]2O)[C@@H]1O. The van der Waals surface area contributed by atoms with Crippen LogP contribution in [-0.4, -0.2) is 221 Å². The summed E-state index contributed by atoms with van der Waals surface area (Å²) >= 11 is 0. The lowest BCUT2D eigenvalue weighted by atomic mass is 9.95. The predicted molar refractivity (Wildman–Crippen MR) is 145 cm³/mol. The summed E-state index contributed by atoms with van der Waals surface area (Å²) in [6.45, 7) is -2.12. The highest BCUT2D eigenvalue weighted by Crippen LogP contribution is 2.32. The van der Waals surface area contributed by atoms with Crippen LogP contribution in [0.4, 0.5) is 0 Å². The maximum Gasteiger partial charge on any atom is 0.217 e. The second-order valence-corrected chi connectivity index (χ2v) is 11.9. The minimum absolute atomic E-state index is 0.660. The smallest absolute Gasteiger partial charge is 0.217 e. The van der Waals surface area contributed by atoms with Crippen LogP contribution in [0.1, 0.15) is 6.92 Å². The Bertz CT molecular complexity index is 1030. The molecule has 0 aromatic carbocycles. The number of rotatable bonds is 11. The van der Waals surface area contributed by atoms with Crippen molar-refractivity contribution in [1.82, 2.24) is 5.32 Å². The van der Waals surface area contributed by atoms with Crippen molar-refractivity contribution in [2.45, 2.75) is 130 Å². The van der Waals surface area contributed by atoms with Crippen LogP contribution in [0.15, 0.2) is 0 Å². The molecule has 4 heterocycles. The lowest BCUT2D eigenvalue weighted by Crippen LogP contribution is -2.67. The van der Waals surface area contributed by atoms with E-state index in [1.807, 2.05) is 0 Å². The van der Waals surface area contributed by atoms with Crippen molar-refractivity contribution < 1.29 is 104 Å². The Kier molecular flexibility index (Phi) is 13.8. The van der Waals surface area contributed by atoms with Crippen LogP contribution in [0, 0.1) is 0 Å². The van der Waals surface area contributed by atoms with Crippen molar-refractivity contribution in [3.63, 3.8) is 0 Å². The van der Waals surface area contributed by atoms with Crippen LogP contribution in [0.2, 0.25) is 0 Å². The zero-order chi connectivity index (χ0) is 35.6. The Morgan fingerprint density at radius 3 is 1.52 bits per heavy atom.